The highest BCUT2D eigenvalue weighted by atomic mass is 16.5. The Labute approximate surface area is 122 Å². The maximum Gasteiger partial charge on any atom is 0.335 e. The van der Waals surface area contributed by atoms with Crippen LogP contribution in [0.1, 0.15) is 28.9 Å². The number of phenolic OH excluding ortho intramolecular Hbond substituents is 1. The highest BCUT2D eigenvalue weighted by molar-refractivity contribution is 5.88. The molecule has 0 aliphatic carbocycles. The van der Waals surface area contributed by atoms with Crippen molar-refractivity contribution >= 4 is 11.7 Å². The smallest absolute Gasteiger partial charge is 0.335 e. The van der Waals surface area contributed by atoms with Crippen molar-refractivity contribution < 1.29 is 19.7 Å². The number of hydrogen-bond acceptors (Lipinski definition) is 4. The van der Waals surface area contributed by atoms with Gasteiger partial charge in [-0.2, -0.15) is 0 Å². The number of aromatic carboxylic acids is 1. The number of carboxylic acids is 1. The molecule has 5 nitrogen and oxygen atoms in total. The van der Waals surface area contributed by atoms with Gasteiger partial charge in [0, 0.05) is 11.7 Å². The molecular formula is C16H17NO4. The van der Waals surface area contributed by atoms with Crippen LogP contribution in [0.25, 0.3) is 0 Å². The molecule has 0 spiro atoms. The number of benzene rings is 2. The third-order valence-corrected chi connectivity index (χ3v) is 3.22. The molecule has 21 heavy (non-hydrogen) atoms. The summed E-state index contributed by atoms with van der Waals surface area (Å²) in [5.74, 6) is -0.431. The van der Waals surface area contributed by atoms with Crippen LogP contribution < -0.4 is 10.1 Å². The van der Waals surface area contributed by atoms with Gasteiger partial charge in [0.1, 0.15) is 0 Å². The Morgan fingerprint density at radius 2 is 1.86 bits per heavy atom. The van der Waals surface area contributed by atoms with Crippen molar-refractivity contribution in [1.29, 1.82) is 0 Å². The van der Waals surface area contributed by atoms with Gasteiger partial charge in [-0.15, -0.1) is 0 Å². The van der Waals surface area contributed by atoms with E-state index in [-0.39, 0.29) is 17.4 Å². The lowest BCUT2D eigenvalue weighted by Crippen LogP contribution is -2.07. The van der Waals surface area contributed by atoms with Gasteiger partial charge >= 0.3 is 5.97 Å². The van der Waals surface area contributed by atoms with Crippen molar-refractivity contribution in [3.05, 3.63) is 53.6 Å². The predicted octanol–water partition coefficient (Wildman–Crippen LogP) is 3.27. The van der Waals surface area contributed by atoms with E-state index >= 15 is 0 Å². The molecule has 0 aliphatic heterocycles. The monoisotopic (exact) mass is 287 g/mol. The van der Waals surface area contributed by atoms with E-state index in [0.717, 1.165) is 11.3 Å². The number of nitrogens with one attached hydrogen (secondary N) is 1. The minimum absolute atomic E-state index is 0.0184. The minimum atomic E-state index is -0.946. The summed E-state index contributed by atoms with van der Waals surface area (Å²) in [6.45, 7) is 1.97. The molecule has 0 radical (unpaired) electrons. The molecule has 2 rings (SSSR count). The van der Waals surface area contributed by atoms with Gasteiger partial charge in [-0.1, -0.05) is 6.07 Å². The Morgan fingerprint density at radius 1 is 1.19 bits per heavy atom. The van der Waals surface area contributed by atoms with Gasteiger partial charge in [-0.05, 0) is 48.9 Å². The quantitative estimate of drug-likeness (QED) is 0.786. The SMILES string of the molecule is COc1cc(C(C)Nc2ccc(C(=O)O)cc2)ccc1O. The van der Waals surface area contributed by atoms with E-state index in [0.29, 0.717) is 5.75 Å². The zero-order valence-corrected chi connectivity index (χ0v) is 11.8. The van der Waals surface area contributed by atoms with Gasteiger partial charge in [-0.25, -0.2) is 4.79 Å². The second-order valence-corrected chi connectivity index (χ2v) is 4.68. The molecule has 110 valence electrons. The normalized spacial score (nSPS) is 11.7. The third kappa shape index (κ3) is 3.45. The Bertz CT molecular complexity index is 637. The molecule has 1 unspecified atom stereocenters. The summed E-state index contributed by atoms with van der Waals surface area (Å²) in [5.41, 5.74) is 2.02. The van der Waals surface area contributed by atoms with Crippen molar-refractivity contribution in [2.75, 3.05) is 12.4 Å². The number of aromatic hydroxyl groups is 1. The topological polar surface area (TPSA) is 78.8 Å². The Balaban J connectivity index is 2.13. The van der Waals surface area contributed by atoms with E-state index < -0.39 is 5.97 Å². The van der Waals surface area contributed by atoms with Crippen LogP contribution in [0.15, 0.2) is 42.5 Å². The average molecular weight is 287 g/mol. The lowest BCUT2D eigenvalue weighted by Gasteiger charge is -2.17. The summed E-state index contributed by atoms with van der Waals surface area (Å²) in [6.07, 6.45) is 0. The summed E-state index contributed by atoms with van der Waals surface area (Å²) < 4.78 is 5.09. The molecule has 2 aromatic carbocycles. The van der Waals surface area contributed by atoms with Crippen LogP contribution in [-0.2, 0) is 0 Å². The molecular weight excluding hydrogens is 270 g/mol. The molecule has 5 heteroatoms. The number of hydrogen-bond donors (Lipinski definition) is 3. The van der Waals surface area contributed by atoms with E-state index in [4.69, 9.17) is 9.84 Å². The zero-order valence-electron chi connectivity index (χ0n) is 11.8. The van der Waals surface area contributed by atoms with Crippen molar-refractivity contribution in [3.63, 3.8) is 0 Å². The van der Waals surface area contributed by atoms with Crippen LogP contribution >= 0.6 is 0 Å². The van der Waals surface area contributed by atoms with Gasteiger partial charge in [0.05, 0.1) is 12.7 Å². The molecule has 0 bridgehead atoms. The summed E-state index contributed by atoms with van der Waals surface area (Å²) in [4.78, 5) is 10.8. The first-order valence-corrected chi connectivity index (χ1v) is 6.48. The van der Waals surface area contributed by atoms with Gasteiger partial charge in [-0.3, -0.25) is 0 Å². The first kappa shape index (κ1) is 14.7. The fraction of sp³-hybridized carbons (Fsp3) is 0.188. The Morgan fingerprint density at radius 3 is 2.43 bits per heavy atom. The molecule has 0 saturated carbocycles. The van der Waals surface area contributed by atoms with Gasteiger partial charge in [0.15, 0.2) is 11.5 Å². The number of carboxylic acid groups (broad SMARTS) is 1. The molecule has 2 aromatic rings. The highest BCUT2D eigenvalue weighted by Gasteiger charge is 2.10. The molecule has 0 saturated heterocycles. The highest BCUT2D eigenvalue weighted by Crippen LogP contribution is 2.30. The number of carbonyl (C=O) groups is 1. The van der Waals surface area contributed by atoms with Gasteiger partial charge in [0.2, 0.25) is 0 Å². The molecule has 0 heterocycles. The number of phenols is 1. The fourth-order valence-corrected chi connectivity index (χ4v) is 2.01. The number of methoxy groups -OCH3 is 1. The maximum absolute atomic E-state index is 10.8. The van der Waals surface area contributed by atoms with Crippen molar-refractivity contribution in [1.82, 2.24) is 0 Å². The molecule has 1 atom stereocenters. The van der Waals surface area contributed by atoms with Crippen molar-refractivity contribution in [2.24, 2.45) is 0 Å². The van der Waals surface area contributed by atoms with E-state index in [2.05, 4.69) is 5.32 Å². The summed E-state index contributed by atoms with van der Waals surface area (Å²) in [7, 11) is 1.50. The minimum Gasteiger partial charge on any atom is -0.504 e. The van der Waals surface area contributed by atoms with E-state index in [9.17, 15) is 9.90 Å². The van der Waals surface area contributed by atoms with Crippen LogP contribution in [0.2, 0.25) is 0 Å². The maximum atomic E-state index is 10.8. The molecule has 0 aliphatic rings. The Hall–Kier alpha value is -2.69. The number of ether oxygens (including phenoxy) is 1. The van der Waals surface area contributed by atoms with Crippen LogP contribution in [0, 0.1) is 0 Å². The molecule has 3 N–H and O–H groups in total. The van der Waals surface area contributed by atoms with E-state index in [1.807, 2.05) is 6.92 Å². The summed E-state index contributed by atoms with van der Waals surface area (Å²) in [5, 5.41) is 21.7. The van der Waals surface area contributed by atoms with Gasteiger partial charge in [0.25, 0.3) is 0 Å². The second kappa shape index (κ2) is 6.17. The first-order valence-electron chi connectivity index (χ1n) is 6.48. The molecule has 0 amide bonds. The van der Waals surface area contributed by atoms with Crippen molar-refractivity contribution in [2.45, 2.75) is 13.0 Å². The van der Waals surface area contributed by atoms with E-state index in [1.165, 1.54) is 7.11 Å². The average Bonchev–Trinajstić information content (AvgIpc) is 2.48. The standard InChI is InChI=1S/C16H17NO4/c1-10(12-5-8-14(18)15(9-12)21-2)17-13-6-3-11(4-7-13)16(19)20/h3-10,17-18H,1-2H3,(H,19,20). The fourth-order valence-electron chi connectivity index (χ4n) is 2.01. The van der Waals surface area contributed by atoms with Crippen LogP contribution in [0.3, 0.4) is 0 Å². The zero-order chi connectivity index (χ0) is 15.4. The predicted molar refractivity (Wildman–Crippen MR) is 80.1 cm³/mol. The number of anilines is 1. The second-order valence-electron chi connectivity index (χ2n) is 4.68. The first-order chi connectivity index (χ1) is 10.0. The van der Waals surface area contributed by atoms with Crippen LogP contribution in [-0.4, -0.2) is 23.3 Å². The van der Waals surface area contributed by atoms with Crippen LogP contribution in [0.4, 0.5) is 5.69 Å². The third-order valence-electron chi connectivity index (χ3n) is 3.22. The number of rotatable bonds is 5. The lowest BCUT2D eigenvalue weighted by atomic mass is 10.1. The summed E-state index contributed by atoms with van der Waals surface area (Å²) in [6, 6.07) is 11.7. The van der Waals surface area contributed by atoms with Crippen molar-refractivity contribution in [3.8, 4) is 11.5 Å². The lowest BCUT2D eigenvalue weighted by molar-refractivity contribution is 0.0697. The summed E-state index contributed by atoms with van der Waals surface area (Å²) >= 11 is 0. The Kier molecular flexibility index (Phi) is 4.33. The van der Waals surface area contributed by atoms with Gasteiger partial charge < -0.3 is 20.3 Å². The molecule has 0 fully saturated rings. The largest absolute Gasteiger partial charge is 0.504 e. The van der Waals surface area contributed by atoms with E-state index in [1.54, 1.807) is 42.5 Å². The van der Waals surface area contributed by atoms with Crippen LogP contribution in [0.5, 0.6) is 11.5 Å². The molecule has 0 aromatic heterocycles.